The smallest absolute Gasteiger partial charge is 0.259 e. The molecule has 0 aliphatic carbocycles. The molecule has 4 rings (SSSR count). The van der Waals surface area contributed by atoms with E-state index < -0.39 is 0 Å². The van der Waals surface area contributed by atoms with Crippen LogP contribution in [0.2, 0.25) is 0 Å². The molecule has 156 valence electrons. The van der Waals surface area contributed by atoms with Crippen molar-refractivity contribution in [3.8, 4) is 28.5 Å². The fourth-order valence-corrected chi connectivity index (χ4v) is 3.75. The lowest BCUT2D eigenvalue weighted by atomic mass is 10.1. The van der Waals surface area contributed by atoms with Gasteiger partial charge in [0.1, 0.15) is 5.82 Å². The Morgan fingerprint density at radius 1 is 0.967 bits per heavy atom. The van der Waals surface area contributed by atoms with E-state index in [0.29, 0.717) is 28.5 Å². The molecule has 0 fully saturated rings. The number of hydrogen-bond donors (Lipinski definition) is 1. The maximum atomic E-state index is 12.8. The third kappa shape index (κ3) is 3.70. The third-order valence-corrected chi connectivity index (χ3v) is 5.30. The van der Waals surface area contributed by atoms with Crippen LogP contribution in [0.1, 0.15) is 29.0 Å². The van der Waals surface area contributed by atoms with Crippen molar-refractivity contribution in [2.24, 2.45) is 0 Å². The second kappa shape index (κ2) is 8.49. The van der Waals surface area contributed by atoms with E-state index in [1.54, 1.807) is 12.1 Å². The Balaban J connectivity index is 1.54. The van der Waals surface area contributed by atoms with Crippen molar-refractivity contribution in [1.29, 1.82) is 0 Å². The maximum absolute atomic E-state index is 12.8. The number of aryl methyl sites for hydroxylation is 2. The highest BCUT2D eigenvalue weighted by atomic mass is 16.5. The Kier molecular flexibility index (Phi) is 5.61. The minimum atomic E-state index is -0.294. The molecule has 7 heteroatoms. The van der Waals surface area contributed by atoms with Gasteiger partial charge < -0.3 is 24.1 Å². The molecule has 1 N–H and O–H groups in total. The summed E-state index contributed by atoms with van der Waals surface area (Å²) < 4.78 is 18.3. The first-order valence-corrected chi connectivity index (χ1v) is 9.91. The lowest BCUT2D eigenvalue weighted by Gasteiger charge is -2.15. The summed E-state index contributed by atoms with van der Waals surface area (Å²) in [5.41, 5.74) is 3.04. The number of anilines is 1. The monoisotopic (exact) mass is 407 g/mol. The Bertz CT molecular complexity index is 1030. The number of amides is 1. The van der Waals surface area contributed by atoms with E-state index in [4.69, 9.17) is 19.2 Å². The summed E-state index contributed by atoms with van der Waals surface area (Å²) in [4.78, 5) is 17.6. The van der Waals surface area contributed by atoms with E-state index in [9.17, 15) is 4.79 Å². The fraction of sp³-hybridized carbons (Fsp3) is 0.304. The number of methoxy groups -OCH3 is 3. The number of rotatable bonds is 6. The molecule has 1 amide bonds. The number of imidazole rings is 1. The molecule has 0 radical (unpaired) electrons. The van der Waals surface area contributed by atoms with Crippen LogP contribution in [0.15, 0.2) is 42.6 Å². The van der Waals surface area contributed by atoms with Crippen LogP contribution in [-0.4, -0.2) is 36.8 Å². The molecule has 0 bridgehead atoms. The summed E-state index contributed by atoms with van der Waals surface area (Å²) >= 11 is 0. The molecule has 7 nitrogen and oxygen atoms in total. The minimum absolute atomic E-state index is 0.294. The van der Waals surface area contributed by atoms with Gasteiger partial charge in [0.25, 0.3) is 5.91 Å². The molecular weight excluding hydrogens is 382 g/mol. The molecule has 0 unspecified atom stereocenters. The molecule has 0 saturated heterocycles. The van der Waals surface area contributed by atoms with Crippen molar-refractivity contribution in [1.82, 2.24) is 9.55 Å². The van der Waals surface area contributed by atoms with Crippen LogP contribution in [0.4, 0.5) is 5.69 Å². The van der Waals surface area contributed by atoms with E-state index in [2.05, 4.69) is 16.1 Å². The number of ether oxygens (including phenoxy) is 3. The van der Waals surface area contributed by atoms with Crippen LogP contribution in [0.25, 0.3) is 11.3 Å². The second-order valence-electron chi connectivity index (χ2n) is 7.11. The zero-order valence-corrected chi connectivity index (χ0v) is 17.4. The largest absolute Gasteiger partial charge is 0.493 e. The summed E-state index contributed by atoms with van der Waals surface area (Å²) in [7, 11) is 4.54. The molecule has 3 aromatic rings. The minimum Gasteiger partial charge on any atom is -0.493 e. The summed E-state index contributed by atoms with van der Waals surface area (Å²) in [6.07, 6.45) is 5.53. The van der Waals surface area contributed by atoms with Gasteiger partial charge in [-0.3, -0.25) is 4.79 Å². The van der Waals surface area contributed by atoms with Crippen molar-refractivity contribution in [2.45, 2.75) is 25.8 Å². The van der Waals surface area contributed by atoms with Crippen LogP contribution >= 0.6 is 0 Å². The van der Waals surface area contributed by atoms with Gasteiger partial charge in [-0.1, -0.05) is 12.1 Å². The van der Waals surface area contributed by atoms with Gasteiger partial charge >= 0.3 is 0 Å². The van der Waals surface area contributed by atoms with Crippen LogP contribution in [0.5, 0.6) is 17.2 Å². The molecule has 1 aliphatic rings. The molecule has 0 atom stereocenters. The highest BCUT2D eigenvalue weighted by Crippen LogP contribution is 2.40. The SMILES string of the molecule is COc1ccc(C(=O)Nc2ccc(-c3cn4c(n3)CCCC4)cc2)c(OC)c1OC. The Hall–Kier alpha value is -3.48. The first-order valence-electron chi connectivity index (χ1n) is 9.91. The van der Waals surface area contributed by atoms with Crippen molar-refractivity contribution in [3.63, 3.8) is 0 Å². The Morgan fingerprint density at radius 2 is 1.73 bits per heavy atom. The van der Waals surface area contributed by atoms with E-state index in [-0.39, 0.29) is 5.91 Å². The van der Waals surface area contributed by atoms with Crippen molar-refractivity contribution >= 4 is 11.6 Å². The number of carbonyl (C=O) groups excluding carboxylic acids is 1. The van der Waals surface area contributed by atoms with Crippen LogP contribution in [0, 0.1) is 0 Å². The Labute approximate surface area is 175 Å². The standard InChI is InChI=1S/C23H25N3O4/c1-28-19-12-11-17(21(29-2)22(19)30-3)23(27)24-16-9-7-15(8-10-16)18-14-26-13-5-4-6-20(26)25-18/h7-12,14H,4-6,13H2,1-3H3,(H,24,27). The zero-order chi connectivity index (χ0) is 21.1. The number of benzene rings is 2. The normalized spacial score (nSPS) is 12.8. The lowest BCUT2D eigenvalue weighted by Crippen LogP contribution is -2.14. The van der Waals surface area contributed by atoms with Gasteiger partial charge in [0, 0.05) is 30.4 Å². The van der Waals surface area contributed by atoms with Crippen LogP contribution in [0.3, 0.4) is 0 Å². The molecule has 1 aromatic heterocycles. The topological polar surface area (TPSA) is 74.6 Å². The van der Waals surface area contributed by atoms with E-state index in [0.717, 1.165) is 30.0 Å². The van der Waals surface area contributed by atoms with Crippen LogP contribution < -0.4 is 19.5 Å². The molecule has 0 saturated carbocycles. The van der Waals surface area contributed by atoms with E-state index >= 15 is 0 Å². The number of carbonyl (C=O) groups is 1. The average molecular weight is 407 g/mol. The Morgan fingerprint density at radius 3 is 2.40 bits per heavy atom. The fourth-order valence-electron chi connectivity index (χ4n) is 3.75. The maximum Gasteiger partial charge on any atom is 0.259 e. The van der Waals surface area contributed by atoms with Gasteiger partial charge in [-0.05, 0) is 37.1 Å². The summed E-state index contributed by atoms with van der Waals surface area (Å²) in [6, 6.07) is 11.0. The summed E-state index contributed by atoms with van der Waals surface area (Å²) in [5.74, 6) is 2.06. The van der Waals surface area contributed by atoms with Gasteiger partial charge in [-0.25, -0.2) is 4.98 Å². The van der Waals surface area contributed by atoms with Crippen molar-refractivity contribution < 1.29 is 19.0 Å². The van der Waals surface area contributed by atoms with Crippen molar-refractivity contribution in [3.05, 3.63) is 54.0 Å². The molecule has 0 spiro atoms. The van der Waals surface area contributed by atoms with Gasteiger partial charge in [0.05, 0.1) is 32.6 Å². The number of nitrogens with one attached hydrogen (secondary N) is 1. The van der Waals surface area contributed by atoms with Gasteiger partial charge in [-0.15, -0.1) is 0 Å². The molecule has 30 heavy (non-hydrogen) atoms. The lowest BCUT2D eigenvalue weighted by molar-refractivity contribution is 0.102. The first-order chi connectivity index (χ1) is 14.6. The van der Waals surface area contributed by atoms with Gasteiger partial charge in [0.2, 0.25) is 5.75 Å². The number of hydrogen-bond acceptors (Lipinski definition) is 5. The highest BCUT2D eigenvalue weighted by Gasteiger charge is 2.21. The van der Waals surface area contributed by atoms with E-state index in [1.807, 2.05) is 24.3 Å². The molecular formula is C23H25N3O4. The first kappa shape index (κ1) is 19.8. The zero-order valence-electron chi connectivity index (χ0n) is 17.4. The third-order valence-electron chi connectivity index (χ3n) is 5.30. The van der Waals surface area contributed by atoms with Crippen LogP contribution in [-0.2, 0) is 13.0 Å². The van der Waals surface area contributed by atoms with Gasteiger partial charge in [-0.2, -0.15) is 0 Å². The second-order valence-corrected chi connectivity index (χ2v) is 7.11. The summed E-state index contributed by atoms with van der Waals surface area (Å²) in [5, 5.41) is 2.91. The van der Waals surface area contributed by atoms with Crippen molar-refractivity contribution in [2.75, 3.05) is 26.6 Å². The predicted molar refractivity (Wildman–Crippen MR) is 115 cm³/mol. The van der Waals surface area contributed by atoms with E-state index in [1.165, 1.54) is 34.2 Å². The number of fused-ring (bicyclic) bond motifs is 1. The molecule has 2 aromatic carbocycles. The summed E-state index contributed by atoms with van der Waals surface area (Å²) in [6.45, 7) is 1.03. The number of aromatic nitrogens is 2. The highest BCUT2D eigenvalue weighted by molar-refractivity contribution is 6.07. The number of nitrogens with zero attached hydrogens (tertiary/aromatic N) is 2. The average Bonchev–Trinajstić information content (AvgIpc) is 3.22. The molecule has 2 heterocycles. The predicted octanol–water partition coefficient (Wildman–Crippen LogP) is 4.16. The quantitative estimate of drug-likeness (QED) is 0.664. The molecule has 1 aliphatic heterocycles. The van der Waals surface area contributed by atoms with Gasteiger partial charge in [0.15, 0.2) is 11.5 Å².